The van der Waals surface area contributed by atoms with Gasteiger partial charge >= 0.3 is 0 Å². The van der Waals surface area contributed by atoms with E-state index in [-0.39, 0.29) is 13.2 Å². The summed E-state index contributed by atoms with van der Waals surface area (Å²) in [6, 6.07) is 18.3. The number of amides is 1. The highest BCUT2D eigenvalue weighted by Gasteiger charge is 2.06. The number of carbonyl (C=O) groups excluding carboxylic acids is 1. The number of fused-ring (bicyclic) bond motifs is 1. The Hall–Kier alpha value is -3.92. The summed E-state index contributed by atoms with van der Waals surface area (Å²) in [4.78, 5) is 16.2. The lowest BCUT2D eigenvalue weighted by molar-refractivity contribution is -0.123. The number of pyridine rings is 1. The Labute approximate surface area is 155 Å². The number of nitrogens with one attached hydrogen (secondary N) is 1. The fraction of sp³-hybridized carbons (Fsp3) is 0.100. The van der Waals surface area contributed by atoms with Crippen molar-refractivity contribution < 1.29 is 14.3 Å². The Balaban J connectivity index is 1.57. The monoisotopic (exact) mass is 360 g/mol. The molecule has 0 fully saturated rings. The van der Waals surface area contributed by atoms with Crippen molar-refractivity contribution in [2.45, 2.75) is 0 Å². The number of para-hydroxylation sites is 2. The minimum atomic E-state index is -0.408. The van der Waals surface area contributed by atoms with Crippen LogP contribution < -0.4 is 14.9 Å². The van der Waals surface area contributed by atoms with Gasteiger partial charge in [-0.25, -0.2) is 5.43 Å². The summed E-state index contributed by atoms with van der Waals surface area (Å²) in [5, 5.41) is 13.4. The molecule has 27 heavy (non-hydrogen) atoms. The predicted octanol–water partition coefficient (Wildman–Crippen LogP) is 2.67. The third kappa shape index (κ3) is 4.80. The molecule has 2 aromatic carbocycles. The molecule has 0 bridgehead atoms. The van der Waals surface area contributed by atoms with E-state index in [9.17, 15) is 4.79 Å². The average molecular weight is 360 g/mol. The summed E-state index contributed by atoms with van der Waals surface area (Å²) in [6.07, 6.45) is 3.12. The van der Waals surface area contributed by atoms with Crippen molar-refractivity contribution in [1.82, 2.24) is 10.4 Å². The van der Waals surface area contributed by atoms with Crippen LogP contribution in [0.2, 0.25) is 0 Å². The van der Waals surface area contributed by atoms with Crippen LogP contribution in [0.15, 0.2) is 65.9 Å². The van der Waals surface area contributed by atoms with E-state index < -0.39 is 5.91 Å². The van der Waals surface area contributed by atoms with Gasteiger partial charge in [-0.05, 0) is 24.3 Å². The molecule has 1 amide bonds. The number of nitrogens with zero attached hydrogens (tertiary/aromatic N) is 3. The molecule has 3 aromatic rings. The van der Waals surface area contributed by atoms with Crippen molar-refractivity contribution >= 4 is 23.0 Å². The van der Waals surface area contributed by atoms with Crippen molar-refractivity contribution in [1.29, 1.82) is 5.26 Å². The first-order valence-corrected chi connectivity index (χ1v) is 8.15. The maximum Gasteiger partial charge on any atom is 0.277 e. The van der Waals surface area contributed by atoms with Gasteiger partial charge < -0.3 is 9.47 Å². The van der Waals surface area contributed by atoms with Gasteiger partial charge in [-0.1, -0.05) is 30.3 Å². The van der Waals surface area contributed by atoms with E-state index in [4.69, 9.17) is 14.7 Å². The molecule has 0 unspecified atom stereocenters. The van der Waals surface area contributed by atoms with Gasteiger partial charge in [-0.3, -0.25) is 9.78 Å². The summed E-state index contributed by atoms with van der Waals surface area (Å²) in [7, 11) is 0. The SMILES string of the molecule is N#CCOc1ccccc1/C=N/NC(=O)COc1cccc2cccnc12. The summed E-state index contributed by atoms with van der Waals surface area (Å²) >= 11 is 0. The molecule has 0 aliphatic rings. The van der Waals surface area contributed by atoms with Crippen LogP contribution in [0.4, 0.5) is 0 Å². The number of rotatable bonds is 7. The molecule has 0 aliphatic carbocycles. The highest BCUT2D eigenvalue weighted by atomic mass is 16.5. The Kier molecular flexibility index (Phi) is 5.94. The van der Waals surface area contributed by atoms with Gasteiger partial charge in [0.1, 0.15) is 23.1 Å². The van der Waals surface area contributed by atoms with Gasteiger partial charge in [-0.15, -0.1) is 0 Å². The van der Waals surface area contributed by atoms with Gasteiger partial charge in [0.2, 0.25) is 0 Å². The average Bonchev–Trinajstić information content (AvgIpc) is 2.71. The standard InChI is InChI=1S/C20H16N4O3/c21-10-12-26-17-8-2-1-5-16(17)13-23-24-19(25)14-27-18-9-3-6-15-7-4-11-22-20(15)18/h1-9,11,13H,12,14H2,(H,24,25)/b23-13+. The van der Waals surface area contributed by atoms with Crippen molar-refractivity contribution in [3.8, 4) is 17.6 Å². The molecule has 1 aromatic heterocycles. The van der Waals surface area contributed by atoms with Crippen LogP contribution >= 0.6 is 0 Å². The second-order valence-corrected chi connectivity index (χ2v) is 5.40. The van der Waals surface area contributed by atoms with Gasteiger partial charge in [-0.2, -0.15) is 10.4 Å². The zero-order valence-corrected chi connectivity index (χ0v) is 14.3. The van der Waals surface area contributed by atoms with Gasteiger partial charge in [0, 0.05) is 17.1 Å². The van der Waals surface area contributed by atoms with Crippen LogP contribution in [0, 0.1) is 11.3 Å². The number of hydrazone groups is 1. The Morgan fingerprint density at radius 2 is 1.93 bits per heavy atom. The molecule has 0 spiro atoms. The quantitative estimate of drug-likeness (QED) is 0.516. The molecule has 7 nitrogen and oxygen atoms in total. The lowest BCUT2D eigenvalue weighted by Gasteiger charge is -2.07. The zero-order valence-electron chi connectivity index (χ0n) is 14.3. The lowest BCUT2D eigenvalue weighted by Crippen LogP contribution is -2.24. The van der Waals surface area contributed by atoms with E-state index in [0.29, 0.717) is 22.6 Å². The first-order chi connectivity index (χ1) is 13.3. The van der Waals surface area contributed by atoms with E-state index in [1.165, 1.54) is 6.21 Å². The largest absolute Gasteiger partial charge is 0.481 e. The highest BCUT2D eigenvalue weighted by molar-refractivity contribution is 5.86. The van der Waals surface area contributed by atoms with Crippen LogP contribution in [0.1, 0.15) is 5.56 Å². The predicted molar refractivity (Wildman–Crippen MR) is 101 cm³/mol. The molecule has 7 heteroatoms. The maximum atomic E-state index is 12.0. The number of carbonyl (C=O) groups is 1. The number of aromatic nitrogens is 1. The molecule has 0 atom stereocenters. The lowest BCUT2D eigenvalue weighted by atomic mass is 10.2. The van der Waals surface area contributed by atoms with Crippen LogP contribution in [-0.4, -0.2) is 30.3 Å². The number of nitriles is 1. The van der Waals surface area contributed by atoms with Crippen LogP contribution in [0.25, 0.3) is 10.9 Å². The summed E-state index contributed by atoms with van der Waals surface area (Å²) < 4.78 is 10.8. The smallest absolute Gasteiger partial charge is 0.277 e. The van der Waals surface area contributed by atoms with E-state index in [0.717, 1.165) is 5.39 Å². The van der Waals surface area contributed by atoms with Gasteiger partial charge in [0.05, 0.1) is 6.21 Å². The topological polar surface area (TPSA) is 96.6 Å². The Morgan fingerprint density at radius 1 is 1.11 bits per heavy atom. The molecule has 3 rings (SSSR count). The number of hydrogen-bond acceptors (Lipinski definition) is 6. The van der Waals surface area contributed by atoms with E-state index in [2.05, 4.69) is 15.5 Å². The Morgan fingerprint density at radius 3 is 2.81 bits per heavy atom. The molecule has 1 N–H and O–H groups in total. The second kappa shape index (κ2) is 8.97. The first kappa shape index (κ1) is 17.9. The minimum absolute atomic E-state index is 0.0654. The minimum Gasteiger partial charge on any atom is -0.481 e. The van der Waals surface area contributed by atoms with E-state index in [1.54, 1.807) is 36.5 Å². The summed E-state index contributed by atoms with van der Waals surface area (Å²) in [5.41, 5.74) is 3.74. The first-order valence-electron chi connectivity index (χ1n) is 8.15. The maximum absolute atomic E-state index is 12.0. The van der Waals surface area contributed by atoms with E-state index >= 15 is 0 Å². The van der Waals surface area contributed by atoms with Crippen molar-refractivity contribution in [2.75, 3.05) is 13.2 Å². The zero-order chi connectivity index (χ0) is 18.9. The highest BCUT2D eigenvalue weighted by Crippen LogP contribution is 2.22. The number of benzene rings is 2. The fourth-order valence-electron chi connectivity index (χ4n) is 2.37. The molecule has 0 aliphatic heterocycles. The molecular weight excluding hydrogens is 344 g/mol. The Bertz CT molecular complexity index is 1010. The van der Waals surface area contributed by atoms with Crippen LogP contribution in [0.3, 0.4) is 0 Å². The van der Waals surface area contributed by atoms with Crippen LogP contribution in [0.5, 0.6) is 11.5 Å². The molecular formula is C20H16N4O3. The second-order valence-electron chi connectivity index (χ2n) is 5.40. The molecule has 0 saturated carbocycles. The van der Waals surface area contributed by atoms with Gasteiger partial charge in [0.25, 0.3) is 5.91 Å². The van der Waals surface area contributed by atoms with Crippen molar-refractivity contribution in [3.63, 3.8) is 0 Å². The summed E-state index contributed by atoms with van der Waals surface area (Å²) in [6.45, 7) is -0.260. The molecule has 0 saturated heterocycles. The molecule has 1 heterocycles. The third-order valence-corrected chi connectivity index (χ3v) is 3.56. The van der Waals surface area contributed by atoms with Crippen molar-refractivity contribution in [2.24, 2.45) is 5.10 Å². The fourth-order valence-corrected chi connectivity index (χ4v) is 2.37. The van der Waals surface area contributed by atoms with Gasteiger partial charge in [0.15, 0.2) is 13.2 Å². The summed E-state index contributed by atoms with van der Waals surface area (Å²) in [5.74, 6) is 0.632. The number of ether oxygens (including phenoxy) is 2. The number of hydrogen-bond donors (Lipinski definition) is 1. The third-order valence-electron chi connectivity index (χ3n) is 3.56. The van der Waals surface area contributed by atoms with E-state index in [1.807, 2.05) is 30.3 Å². The molecule has 134 valence electrons. The molecule has 0 radical (unpaired) electrons. The van der Waals surface area contributed by atoms with Crippen molar-refractivity contribution in [3.05, 3.63) is 66.4 Å². The van der Waals surface area contributed by atoms with Crippen LogP contribution in [-0.2, 0) is 4.79 Å². The normalized spacial score (nSPS) is 10.5.